The molecule has 0 fully saturated rings. The predicted molar refractivity (Wildman–Crippen MR) is 110 cm³/mol. The van der Waals surface area contributed by atoms with Gasteiger partial charge in [-0.2, -0.15) is 13.2 Å². The largest absolute Gasteiger partial charge is 0.858 e. The van der Waals surface area contributed by atoms with Crippen LogP contribution in [0.3, 0.4) is 0 Å². The second-order valence-electron chi connectivity index (χ2n) is 6.76. The zero-order chi connectivity index (χ0) is 23.5. The lowest BCUT2D eigenvalue weighted by Gasteiger charge is -2.15. The number of halogens is 3. The number of amides is 1. The summed E-state index contributed by atoms with van der Waals surface area (Å²) in [6.07, 6.45) is -2.35. The maximum Gasteiger partial charge on any atom is 0.416 e. The van der Waals surface area contributed by atoms with Crippen molar-refractivity contribution in [2.45, 2.75) is 12.6 Å². The van der Waals surface area contributed by atoms with Crippen LogP contribution in [0.15, 0.2) is 59.5 Å². The van der Waals surface area contributed by atoms with Crippen molar-refractivity contribution in [2.75, 3.05) is 5.32 Å². The molecular formula is C21H17F3N5O3-. The number of hydrogen-bond donors (Lipinski definition) is 3. The van der Waals surface area contributed by atoms with Gasteiger partial charge < -0.3 is 15.7 Å². The van der Waals surface area contributed by atoms with Crippen LogP contribution in [0.2, 0.25) is 0 Å². The Labute approximate surface area is 179 Å². The van der Waals surface area contributed by atoms with Crippen LogP contribution in [0.25, 0.3) is 10.9 Å². The van der Waals surface area contributed by atoms with Gasteiger partial charge in [-0.3, -0.25) is 14.8 Å². The number of rotatable bonds is 5. The molecule has 0 radical (unpaired) electrons. The Bertz CT molecular complexity index is 1280. The fourth-order valence-electron chi connectivity index (χ4n) is 3.00. The minimum absolute atomic E-state index is 0.137. The van der Waals surface area contributed by atoms with Crippen molar-refractivity contribution in [3.63, 3.8) is 0 Å². The second-order valence-corrected chi connectivity index (χ2v) is 6.76. The zero-order valence-corrected chi connectivity index (χ0v) is 16.7. The minimum atomic E-state index is -4.48. The molecule has 2 aromatic carbocycles. The van der Waals surface area contributed by atoms with Crippen LogP contribution in [-0.4, -0.2) is 21.3 Å². The van der Waals surface area contributed by atoms with Crippen molar-refractivity contribution in [3.05, 3.63) is 76.4 Å². The molecule has 32 heavy (non-hydrogen) atoms. The third-order valence-electron chi connectivity index (χ3n) is 4.50. The van der Waals surface area contributed by atoms with E-state index in [4.69, 9.17) is 5.41 Å². The number of nitrogens with one attached hydrogen (secondary N) is 3. The monoisotopic (exact) mass is 444 g/mol. The van der Waals surface area contributed by atoms with Gasteiger partial charge in [0.2, 0.25) is 5.91 Å². The summed E-state index contributed by atoms with van der Waals surface area (Å²) in [6, 6.07) is 9.21. The molecule has 1 amide bonds. The van der Waals surface area contributed by atoms with Crippen LogP contribution in [0.5, 0.6) is 5.88 Å². The topological polar surface area (TPSA) is 123 Å². The summed E-state index contributed by atoms with van der Waals surface area (Å²) in [4.78, 5) is 27.4. The molecule has 0 saturated heterocycles. The number of nitrogens with zero attached hydrogens (tertiary/aromatic N) is 2. The van der Waals surface area contributed by atoms with Crippen molar-refractivity contribution in [1.29, 1.82) is 5.41 Å². The molecule has 3 N–H and O–H groups in total. The summed E-state index contributed by atoms with van der Waals surface area (Å²) in [7, 11) is 1.46. The molecule has 0 atom stereocenters. The highest BCUT2D eigenvalue weighted by atomic mass is 19.4. The van der Waals surface area contributed by atoms with Crippen molar-refractivity contribution < 1.29 is 23.1 Å². The third-order valence-corrected chi connectivity index (χ3v) is 4.50. The number of benzene rings is 2. The first-order valence-corrected chi connectivity index (χ1v) is 9.20. The molecule has 0 saturated carbocycles. The van der Waals surface area contributed by atoms with Crippen LogP contribution >= 0.6 is 0 Å². The van der Waals surface area contributed by atoms with E-state index in [9.17, 15) is 27.9 Å². The number of carbonyl (C=O) groups excluding carboxylic acids is 1. The van der Waals surface area contributed by atoms with E-state index in [0.717, 1.165) is 18.2 Å². The summed E-state index contributed by atoms with van der Waals surface area (Å²) in [5.41, 5.74) is -0.692. The van der Waals surface area contributed by atoms with E-state index in [1.54, 1.807) is 18.2 Å². The van der Waals surface area contributed by atoms with Gasteiger partial charge in [-0.15, -0.1) is 0 Å². The Hall–Kier alpha value is -4.15. The first-order chi connectivity index (χ1) is 15.1. The van der Waals surface area contributed by atoms with Crippen molar-refractivity contribution in [2.24, 2.45) is 7.05 Å². The summed E-state index contributed by atoms with van der Waals surface area (Å²) in [5.74, 6) is -1.66. The van der Waals surface area contributed by atoms with Crippen LogP contribution in [0, 0.1) is 5.41 Å². The molecule has 1 aromatic heterocycles. The number of amidine groups is 1. The molecular weight excluding hydrogens is 427 g/mol. The summed E-state index contributed by atoms with van der Waals surface area (Å²) in [6.45, 7) is 0. The molecule has 0 bridgehead atoms. The van der Waals surface area contributed by atoms with E-state index >= 15 is 0 Å². The van der Waals surface area contributed by atoms with E-state index in [0.29, 0.717) is 11.1 Å². The molecule has 0 spiro atoms. The van der Waals surface area contributed by atoms with Gasteiger partial charge >= 0.3 is 11.9 Å². The molecule has 11 heteroatoms. The Morgan fingerprint density at radius 2 is 1.97 bits per heavy atom. The fraction of sp³-hybridized carbons (Fsp3) is 0.143. The van der Waals surface area contributed by atoms with E-state index < -0.39 is 29.2 Å². The first-order valence-electron chi connectivity index (χ1n) is 9.20. The van der Waals surface area contributed by atoms with Gasteiger partial charge in [0, 0.05) is 30.2 Å². The SMILES string of the molecule is Cn1c(=O)nc([O-])c2c(CC(=O)NC(=N)/C=C\Nc3cccc(C(F)(F)F)c3)cccc21. The Balaban J connectivity index is 1.65. The summed E-state index contributed by atoms with van der Waals surface area (Å²) < 4.78 is 39.4. The first kappa shape index (κ1) is 22.5. The molecule has 0 unspecified atom stereocenters. The number of carbonyl (C=O) groups is 1. The van der Waals surface area contributed by atoms with Gasteiger partial charge in [-0.1, -0.05) is 18.2 Å². The Morgan fingerprint density at radius 1 is 1.25 bits per heavy atom. The lowest BCUT2D eigenvalue weighted by atomic mass is 10.1. The predicted octanol–water partition coefficient (Wildman–Crippen LogP) is 2.29. The molecule has 3 aromatic rings. The molecule has 0 aliphatic heterocycles. The highest BCUT2D eigenvalue weighted by Gasteiger charge is 2.30. The molecule has 166 valence electrons. The zero-order valence-electron chi connectivity index (χ0n) is 16.7. The Morgan fingerprint density at radius 3 is 2.69 bits per heavy atom. The van der Waals surface area contributed by atoms with Crippen LogP contribution < -0.4 is 21.4 Å². The average molecular weight is 444 g/mol. The van der Waals surface area contributed by atoms with Crippen molar-refractivity contribution >= 4 is 28.3 Å². The molecule has 1 heterocycles. The lowest BCUT2D eigenvalue weighted by molar-refractivity contribution is -0.272. The lowest BCUT2D eigenvalue weighted by Crippen LogP contribution is -2.30. The van der Waals surface area contributed by atoms with Gasteiger partial charge in [0.15, 0.2) is 0 Å². The normalized spacial score (nSPS) is 11.6. The van der Waals surface area contributed by atoms with Crippen LogP contribution in [0.4, 0.5) is 18.9 Å². The average Bonchev–Trinajstić information content (AvgIpc) is 2.71. The number of hydrogen-bond acceptors (Lipinski definition) is 6. The van der Waals surface area contributed by atoms with E-state index in [-0.39, 0.29) is 23.3 Å². The quantitative estimate of drug-likeness (QED) is 0.412. The number of anilines is 1. The van der Waals surface area contributed by atoms with Crippen LogP contribution in [0.1, 0.15) is 11.1 Å². The molecule has 0 aliphatic carbocycles. The number of alkyl halides is 3. The number of aromatic nitrogens is 2. The maximum absolute atomic E-state index is 12.7. The smallest absolute Gasteiger partial charge is 0.416 e. The standard InChI is InChI=1S/C21H18F3N5O3/c1-29-15-7-2-4-12(18(15)19(31)28-20(29)32)10-17(30)27-16(25)8-9-26-14-6-3-5-13(11-14)21(22,23)24/h2-9,11,26H,10H2,1H3,(H2,25,27,30)(H,28,31,32)/p-1/b9-8-. The van der Waals surface area contributed by atoms with Crippen molar-refractivity contribution in [3.8, 4) is 5.88 Å². The van der Waals surface area contributed by atoms with Gasteiger partial charge in [-0.05, 0) is 35.9 Å². The Kier molecular flexibility index (Phi) is 6.28. The summed E-state index contributed by atoms with van der Waals surface area (Å²) in [5, 5.41) is 25.0. The van der Waals surface area contributed by atoms with Crippen LogP contribution in [-0.2, 0) is 24.4 Å². The molecule has 8 nitrogen and oxygen atoms in total. The fourth-order valence-corrected chi connectivity index (χ4v) is 3.00. The highest BCUT2D eigenvalue weighted by molar-refractivity contribution is 6.04. The third kappa shape index (κ3) is 5.12. The summed E-state index contributed by atoms with van der Waals surface area (Å²) >= 11 is 0. The molecule has 0 aliphatic rings. The highest BCUT2D eigenvalue weighted by Crippen LogP contribution is 2.30. The van der Waals surface area contributed by atoms with E-state index in [2.05, 4.69) is 15.6 Å². The number of aryl methyl sites for hydroxylation is 1. The number of fused-ring (bicyclic) bond motifs is 1. The van der Waals surface area contributed by atoms with Gasteiger partial charge in [0.1, 0.15) is 5.84 Å². The molecule has 3 rings (SSSR count). The second kappa shape index (κ2) is 8.92. The van der Waals surface area contributed by atoms with Gasteiger partial charge in [0.05, 0.1) is 17.5 Å². The van der Waals surface area contributed by atoms with E-state index in [1.165, 1.54) is 29.9 Å². The van der Waals surface area contributed by atoms with E-state index in [1.807, 2.05) is 0 Å². The van der Waals surface area contributed by atoms with Gasteiger partial charge in [0.25, 0.3) is 0 Å². The minimum Gasteiger partial charge on any atom is -0.858 e. The maximum atomic E-state index is 12.7. The van der Waals surface area contributed by atoms with Gasteiger partial charge in [-0.25, -0.2) is 9.78 Å². The van der Waals surface area contributed by atoms with Crippen molar-refractivity contribution in [1.82, 2.24) is 14.9 Å².